The van der Waals surface area contributed by atoms with Crippen LogP contribution in [-0.4, -0.2) is 22.0 Å². The summed E-state index contributed by atoms with van der Waals surface area (Å²) >= 11 is 6.08. The smallest absolute Gasteiger partial charge is 0.416 e. The Bertz CT molecular complexity index is 1220. The van der Waals surface area contributed by atoms with Gasteiger partial charge in [0, 0.05) is 17.3 Å². The molecule has 0 aliphatic heterocycles. The number of pyridine rings is 1. The van der Waals surface area contributed by atoms with Crippen LogP contribution in [0.15, 0.2) is 60.8 Å². The van der Waals surface area contributed by atoms with E-state index < -0.39 is 29.2 Å². The highest BCUT2D eigenvalue weighted by atomic mass is 35.5. The molecule has 0 spiro atoms. The minimum absolute atomic E-state index is 0.0920. The van der Waals surface area contributed by atoms with Crippen LogP contribution >= 0.6 is 11.6 Å². The number of rotatable bonds is 3. The van der Waals surface area contributed by atoms with E-state index in [0.29, 0.717) is 17.4 Å². The summed E-state index contributed by atoms with van der Waals surface area (Å²) in [7, 11) is 0. The first-order chi connectivity index (χ1) is 14.6. The molecular formula is C22H12ClF3N2O3. The molecule has 3 rings (SSSR count). The first kappa shape index (κ1) is 21.9. The van der Waals surface area contributed by atoms with Gasteiger partial charge < -0.3 is 10.4 Å². The minimum atomic E-state index is -4.72. The zero-order chi connectivity index (χ0) is 22.6. The monoisotopic (exact) mass is 444 g/mol. The maximum absolute atomic E-state index is 13.0. The number of halogens is 4. The number of aromatic nitrogens is 1. The van der Waals surface area contributed by atoms with E-state index in [1.807, 2.05) is 0 Å². The fourth-order valence-corrected chi connectivity index (χ4v) is 2.73. The second-order valence-electron chi connectivity index (χ2n) is 6.22. The lowest BCUT2D eigenvalue weighted by Gasteiger charge is -2.08. The van der Waals surface area contributed by atoms with E-state index in [1.54, 1.807) is 18.2 Å². The number of carbonyl (C=O) groups excluding carboxylic acids is 1. The van der Waals surface area contributed by atoms with E-state index >= 15 is 0 Å². The molecule has 1 amide bonds. The van der Waals surface area contributed by atoms with Crippen molar-refractivity contribution in [2.75, 3.05) is 5.32 Å². The Kier molecular flexibility index (Phi) is 6.28. The van der Waals surface area contributed by atoms with Gasteiger partial charge in [0.05, 0.1) is 21.7 Å². The molecule has 0 unspecified atom stereocenters. The maximum Gasteiger partial charge on any atom is 0.416 e. The number of hydrogen-bond acceptors (Lipinski definition) is 3. The molecule has 9 heteroatoms. The average Bonchev–Trinajstić information content (AvgIpc) is 2.73. The van der Waals surface area contributed by atoms with Gasteiger partial charge in [-0.2, -0.15) is 13.2 Å². The summed E-state index contributed by atoms with van der Waals surface area (Å²) in [4.78, 5) is 27.6. The van der Waals surface area contributed by atoms with Crippen molar-refractivity contribution in [2.45, 2.75) is 6.18 Å². The van der Waals surface area contributed by atoms with Crippen LogP contribution < -0.4 is 5.32 Å². The Balaban J connectivity index is 1.93. The summed E-state index contributed by atoms with van der Waals surface area (Å²) < 4.78 is 39.1. The summed E-state index contributed by atoms with van der Waals surface area (Å²) in [5, 5.41) is 11.8. The number of carbonyl (C=O) groups is 2. The van der Waals surface area contributed by atoms with Gasteiger partial charge in [-0.05, 0) is 48.5 Å². The summed E-state index contributed by atoms with van der Waals surface area (Å²) in [6.07, 6.45) is -3.22. The van der Waals surface area contributed by atoms with Crippen LogP contribution in [0.5, 0.6) is 0 Å². The van der Waals surface area contributed by atoms with Gasteiger partial charge in [0.2, 0.25) is 0 Å². The number of alkyl halides is 3. The van der Waals surface area contributed by atoms with E-state index in [4.69, 9.17) is 16.7 Å². The van der Waals surface area contributed by atoms with Gasteiger partial charge in [0.15, 0.2) is 0 Å². The van der Waals surface area contributed by atoms with Gasteiger partial charge in [-0.25, -0.2) is 9.78 Å². The van der Waals surface area contributed by atoms with Crippen molar-refractivity contribution in [1.29, 1.82) is 0 Å². The molecule has 2 N–H and O–H groups in total. The molecule has 0 aliphatic carbocycles. The van der Waals surface area contributed by atoms with Crippen molar-refractivity contribution in [3.8, 4) is 11.8 Å². The first-order valence-corrected chi connectivity index (χ1v) is 9.01. The lowest BCUT2D eigenvalue weighted by Crippen LogP contribution is -2.13. The average molecular weight is 445 g/mol. The van der Waals surface area contributed by atoms with Gasteiger partial charge in [0.25, 0.3) is 5.91 Å². The van der Waals surface area contributed by atoms with Gasteiger partial charge in [-0.3, -0.25) is 4.79 Å². The fraction of sp³-hybridized carbons (Fsp3) is 0.0455. The molecule has 0 fully saturated rings. The third kappa shape index (κ3) is 5.62. The molecule has 0 atom stereocenters. The minimum Gasteiger partial charge on any atom is -0.478 e. The molecular weight excluding hydrogens is 433 g/mol. The molecule has 0 saturated carbocycles. The van der Waals surface area contributed by atoms with Crippen molar-refractivity contribution in [3.63, 3.8) is 0 Å². The zero-order valence-electron chi connectivity index (χ0n) is 15.5. The summed E-state index contributed by atoms with van der Waals surface area (Å²) in [5.74, 6) is 3.39. The Morgan fingerprint density at radius 1 is 1.00 bits per heavy atom. The molecule has 1 aromatic heterocycles. The lowest BCUT2D eigenvalue weighted by molar-refractivity contribution is -0.137. The van der Waals surface area contributed by atoms with E-state index in [0.717, 1.165) is 12.1 Å². The van der Waals surface area contributed by atoms with Crippen LogP contribution in [0.2, 0.25) is 5.02 Å². The number of carboxylic acids is 1. The van der Waals surface area contributed by atoms with Crippen molar-refractivity contribution in [3.05, 3.63) is 93.6 Å². The number of hydrogen-bond donors (Lipinski definition) is 2. The molecule has 5 nitrogen and oxygen atoms in total. The second kappa shape index (κ2) is 8.90. The Morgan fingerprint density at radius 2 is 1.74 bits per heavy atom. The summed E-state index contributed by atoms with van der Waals surface area (Å²) in [6, 6.07) is 11.6. The first-order valence-electron chi connectivity index (χ1n) is 8.63. The standard InChI is InChI=1S/C22H12ClF3N2O3/c23-18-7-6-13(11-17(18)20(29)28-19-3-1-2-8-27-19)4-5-14-9-15(21(30)31)12-16(10-14)22(24,25)26/h1-3,6-12H,(H,30,31)(H,27,28,29). The largest absolute Gasteiger partial charge is 0.478 e. The highest BCUT2D eigenvalue weighted by Gasteiger charge is 2.31. The van der Waals surface area contributed by atoms with E-state index in [1.165, 1.54) is 24.4 Å². The van der Waals surface area contributed by atoms with Crippen LogP contribution in [0.1, 0.15) is 37.4 Å². The van der Waals surface area contributed by atoms with Gasteiger partial charge in [-0.1, -0.05) is 29.5 Å². The number of amides is 1. The Hall–Kier alpha value is -3.83. The zero-order valence-corrected chi connectivity index (χ0v) is 16.3. The summed E-state index contributed by atoms with van der Waals surface area (Å²) in [5.41, 5.74) is -1.41. The van der Waals surface area contributed by atoms with Crippen LogP contribution in [0.4, 0.5) is 19.0 Å². The summed E-state index contributed by atoms with van der Waals surface area (Å²) in [6.45, 7) is 0. The molecule has 0 saturated heterocycles. The van der Waals surface area contributed by atoms with Crippen molar-refractivity contribution < 1.29 is 27.9 Å². The SMILES string of the molecule is O=C(O)c1cc(C#Cc2ccc(Cl)c(C(=O)Nc3ccccn3)c2)cc(C(F)(F)F)c1. The molecule has 3 aromatic rings. The lowest BCUT2D eigenvalue weighted by atomic mass is 10.0. The number of benzene rings is 2. The van der Waals surface area contributed by atoms with Crippen molar-refractivity contribution in [2.24, 2.45) is 0 Å². The second-order valence-corrected chi connectivity index (χ2v) is 6.62. The quantitative estimate of drug-likeness (QED) is 0.551. The number of aromatic carboxylic acids is 1. The van der Waals surface area contributed by atoms with Crippen molar-refractivity contribution in [1.82, 2.24) is 4.98 Å². The highest BCUT2D eigenvalue weighted by molar-refractivity contribution is 6.34. The molecule has 1 heterocycles. The predicted molar refractivity (Wildman–Crippen MR) is 108 cm³/mol. The molecule has 0 aliphatic rings. The molecule has 156 valence electrons. The highest BCUT2D eigenvalue weighted by Crippen LogP contribution is 2.30. The van der Waals surface area contributed by atoms with Gasteiger partial charge >= 0.3 is 12.1 Å². The number of nitrogens with zero attached hydrogens (tertiary/aromatic N) is 1. The Labute approximate surface area is 179 Å². The molecule has 2 aromatic carbocycles. The number of anilines is 1. The third-order valence-electron chi connectivity index (χ3n) is 3.98. The van der Waals surface area contributed by atoms with E-state index in [2.05, 4.69) is 22.1 Å². The van der Waals surface area contributed by atoms with E-state index in [9.17, 15) is 22.8 Å². The van der Waals surface area contributed by atoms with Crippen molar-refractivity contribution >= 4 is 29.3 Å². The molecule has 0 bridgehead atoms. The van der Waals surface area contributed by atoms with Gasteiger partial charge in [0.1, 0.15) is 5.82 Å². The van der Waals surface area contributed by atoms with E-state index in [-0.39, 0.29) is 16.1 Å². The predicted octanol–water partition coefficient (Wildman–Crippen LogP) is 5.10. The Morgan fingerprint density at radius 3 is 2.39 bits per heavy atom. The topological polar surface area (TPSA) is 79.3 Å². The molecule has 0 radical (unpaired) electrons. The fourth-order valence-electron chi connectivity index (χ4n) is 2.53. The van der Waals surface area contributed by atoms with Gasteiger partial charge in [-0.15, -0.1) is 0 Å². The van der Waals surface area contributed by atoms with Crippen LogP contribution in [0, 0.1) is 11.8 Å². The van der Waals surface area contributed by atoms with Crippen LogP contribution in [0.3, 0.4) is 0 Å². The van der Waals surface area contributed by atoms with Crippen LogP contribution in [0.25, 0.3) is 0 Å². The maximum atomic E-state index is 13.0. The third-order valence-corrected chi connectivity index (χ3v) is 4.31. The normalized spacial score (nSPS) is 10.7. The number of nitrogens with one attached hydrogen (secondary N) is 1. The molecule has 31 heavy (non-hydrogen) atoms. The van der Waals surface area contributed by atoms with Crippen LogP contribution in [-0.2, 0) is 6.18 Å². The number of carboxylic acid groups (broad SMARTS) is 1.